The molecule has 4 rings (SSSR count). The van der Waals surface area contributed by atoms with E-state index in [4.69, 9.17) is 16.3 Å². The summed E-state index contributed by atoms with van der Waals surface area (Å²) in [6, 6.07) is 4.53. The molecule has 7 nitrogen and oxygen atoms in total. The molecule has 1 fully saturated rings. The normalized spacial score (nSPS) is 21.4. The highest BCUT2D eigenvalue weighted by atomic mass is 35.5. The van der Waals surface area contributed by atoms with Gasteiger partial charge in [0.2, 0.25) is 5.43 Å². The Bertz CT molecular complexity index is 1180. The first kappa shape index (κ1) is 23.4. The van der Waals surface area contributed by atoms with Crippen molar-refractivity contribution < 1.29 is 23.8 Å². The number of fused-ring (bicyclic) bond motifs is 1. The second-order valence-corrected chi connectivity index (χ2v) is 8.95. The molecule has 9 heteroatoms. The lowest BCUT2D eigenvalue weighted by Gasteiger charge is -2.39. The first-order valence-corrected chi connectivity index (χ1v) is 11.4. The zero-order chi connectivity index (χ0) is 23.9. The van der Waals surface area contributed by atoms with Gasteiger partial charge in [-0.3, -0.25) is 14.4 Å². The van der Waals surface area contributed by atoms with Crippen LogP contribution in [0, 0.1) is 11.7 Å². The lowest BCUT2D eigenvalue weighted by Crippen LogP contribution is -2.52. The van der Waals surface area contributed by atoms with Gasteiger partial charge in [0.15, 0.2) is 17.2 Å². The molecule has 1 aliphatic heterocycles. The summed E-state index contributed by atoms with van der Waals surface area (Å²) in [6.07, 6.45) is 2.02. The van der Waals surface area contributed by atoms with Gasteiger partial charge in [-0.25, -0.2) is 4.39 Å². The summed E-state index contributed by atoms with van der Waals surface area (Å²) >= 11 is 5.79. The SMILES string of the molecule is CCOCC1CC12Cn1cc(C(=O)CCc3cccc(Cl)c3F)c(=O)c(O)c1C(=O)N2CC. The third kappa shape index (κ3) is 3.95. The molecule has 1 N–H and O–H groups in total. The van der Waals surface area contributed by atoms with E-state index in [9.17, 15) is 23.9 Å². The molecule has 1 amide bonds. The van der Waals surface area contributed by atoms with E-state index in [-0.39, 0.29) is 40.6 Å². The van der Waals surface area contributed by atoms with Crippen molar-refractivity contribution >= 4 is 23.3 Å². The van der Waals surface area contributed by atoms with Crippen LogP contribution in [0.3, 0.4) is 0 Å². The Morgan fingerprint density at radius 1 is 1.33 bits per heavy atom. The maximum absolute atomic E-state index is 14.2. The van der Waals surface area contributed by atoms with E-state index in [1.807, 2.05) is 13.8 Å². The number of benzene rings is 1. The first-order valence-electron chi connectivity index (χ1n) is 11.1. The van der Waals surface area contributed by atoms with Crippen LogP contribution in [0.25, 0.3) is 0 Å². The Morgan fingerprint density at radius 2 is 2.09 bits per heavy atom. The predicted molar refractivity (Wildman–Crippen MR) is 120 cm³/mol. The van der Waals surface area contributed by atoms with Gasteiger partial charge in [-0.1, -0.05) is 23.7 Å². The molecule has 33 heavy (non-hydrogen) atoms. The van der Waals surface area contributed by atoms with E-state index in [2.05, 4.69) is 0 Å². The molecule has 2 heterocycles. The van der Waals surface area contributed by atoms with Crippen molar-refractivity contribution in [3.63, 3.8) is 0 Å². The van der Waals surface area contributed by atoms with Crippen LogP contribution in [-0.2, 0) is 17.7 Å². The molecule has 2 aromatic rings. The van der Waals surface area contributed by atoms with Crippen molar-refractivity contribution in [2.75, 3.05) is 19.8 Å². The number of pyridine rings is 1. The molecule has 2 aliphatic rings. The van der Waals surface area contributed by atoms with Crippen LogP contribution in [-0.4, -0.2) is 51.6 Å². The molecule has 2 unspecified atom stereocenters. The lowest BCUT2D eigenvalue weighted by atomic mass is 10.0. The second kappa shape index (κ2) is 8.91. The van der Waals surface area contributed by atoms with Gasteiger partial charge in [0.1, 0.15) is 5.82 Å². The van der Waals surface area contributed by atoms with E-state index in [1.165, 1.54) is 22.9 Å². The fraction of sp³-hybridized carbons (Fsp3) is 0.458. The average Bonchev–Trinajstić information content (AvgIpc) is 3.47. The Balaban J connectivity index is 1.63. The highest BCUT2D eigenvalue weighted by Crippen LogP contribution is 2.52. The Morgan fingerprint density at radius 3 is 2.79 bits per heavy atom. The van der Waals surface area contributed by atoms with Crippen molar-refractivity contribution in [3.05, 3.63) is 62.3 Å². The fourth-order valence-electron chi connectivity index (χ4n) is 4.86. The first-order chi connectivity index (χ1) is 15.7. The van der Waals surface area contributed by atoms with Gasteiger partial charge in [0.25, 0.3) is 5.91 Å². The average molecular weight is 477 g/mol. The summed E-state index contributed by atoms with van der Waals surface area (Å²) in [4.78, 5) is 40.5. The second-order valence-electron chi connectivity index (χ2n) is 8.55. The molecule has 1 spiro atoms. The molecule has 1 aromatic carbocycles. The number of halogens is 2. The molecule has 0 radical (unpaired) electrons. The molecule has 0 bridgehead atoms. The summed E-state index contributed by atoms with van der Waals surface area (Å²) in [7, 11) is 0. The maximum atomic E-state index is 14.2. The number of aromatic hydroxyl groups is 1. The number of ether oxygens (including phenoxy) is 1. The molecule has 1 aromatic heterocycles. The van der Waals surface area contributed by atoms with Crippen LogP contribution in [0.5, 0.6) is 5.75 Å². The minimum absolute atomic E-state index is 0.0400. The lowest BCUT2D eigenvalue weighted by molar-refractivity contribution is 0.0470. The molecular weight excluding hydrogens is 451 g/mol. The molecular formula is C24H26ClFN2O5. The van der Waals surface area contributed by atoms with E-state index in [0.29, 0.717) is 26.3 Å². The molecule has 1 aliphatic carbocycles. The number of likely N-dealkylation sites (N-methyl/N-ethyl adjacent to an activating group) is 1. The van der Waals surface area contributed by atoms with Crippen LogP contribution >= 0.6 is 11.6 Å². The quantitative estimate of drug-likeness (QED) is 0.590. The third-order valence-corrected chi connectivity index (χ3v) is 6.97. The number of hydrogen-bond donors (Lipinski definition) is 1. The van der Waals surface area contributed by atoms with Crippen molar-refractivity contribution in [1.29, 1.82) is 0 Å². The van der Waals surface area contributed by atoms with Crippen molar-refractivity contribution in [1.82, 2.24) is 9.47 Å². The maximum Gasteiger partial charge on any atom is 0.275 e. The highest BCUT2D eigenvalue weighted by molar-refractivity contribution is 6.30. The zero-order valence-electron chi connectivity index (χ0n) is 18.6. The predicted octanol–water partition coefficient (Wildman–Crippen LogP) is 3.43. The largest absolute Gasteiger partial charge is 0.503 e. The molecule has 176 valence electrons. The van der Waals surface area contributed by atoms with Crippen LogP contribution in [0.1, 0.15) is 53.1 Å². The molecule has 2 atom stereocenters. The Kier molecular flexibility index (Phi) is 6.33. The number of aromatic nitrogens is 1. The van der Waals surface area contributed by atoms with Gasteiger partial charge in [0.05, 0.1) is 22.7 Å². The van der Waals surface area contributed by atoms with Crippen molar-refractivity contribution in [3.8, 4) is 5.75 Å². The summed E-state index contributed by atoms with van der Waals surface area (Å²) in [6.45, 7) is 5.64. The van der Waals surface area contributed by atoms with Gasteiger partial charge in [-0.2, -0.15) is 0 Å². The summed E-state index contributed by atoms with van der Waals surface area (Å²) in [5.41, 5.74) is -1.40. The number of carbonyl (C=O) groups is 2. The number of carbonyl (C=O) groups excluding carboxylic acids is 2. The third-order valence-electron chi connectivity index (χ3n) is 6.68. The smallest absolute Gasteiger partial charge is 0.275 e. The van der Waals surface area contributed by atoms with Gasteiger partial charge < -0.3 is 19.3 Å². The monoisotopic (exact) mass is 476 g/mol. The summed E-state index contributed by atoms with van der Waals surface area (Å²) in [5.74, 6) is -2.15. The van der Waals surface area contributed by atoms with Gasteiger partial charge >= 0.3 is 0 Å². The summed E-state index contributed by atoms with van der Waals surface area (Å²) < 4.78 is 21.2. The van der Waals surface area contributed by atoms with Crippen molar-refractivity contribution in [2.45, 2.75) is 45.2 Å². The standard InChI is InChI=1S/C24H26ClFN2O5/c1-3-28-23(32)20-22(31)21(30)16(11-27(20)13-24(28)10-15(24)12-33-4-2)18(29)9-8-14-6-5-7-17(25)19(14)26/h5-7,11,15,31H,3-4,8-10,12-13H2,1-2H3. The Labute approximate surface area is 195 Å². The minimum Gasteiger partial charge on any atom is -0.503 e. The van der Waals surface area contributed by atoms with Crippen LogP contribution in [0.4, 0.5) is 4.39 Å². The number of nitrogens with zero attached hydrogens (tertiary/aromatic N) is 2. The number of amides is 1. The number of ketones is 1. The van der Waals surface area contributed by atoms with E-state index in [0.717, 1.165) is 6.42 Å². The van der Waals surface area contributed by atoms with Crippen LogP contribution < -0.4 is 5.43 Å². The molecule has 1 saturated carbocycles. The van der Waals surface area contributed by atoms with Gasteiger partial charge in [-0.15, -0.1) is 0 Å². The van der Waals surface area contributed by atoms with Gasteiger partial charge in [0, 0.05) is 38.2 Å². The number of Topliss-reactive ketones (excluding diaryl/α,β-unsaturated/α-hetero) is 1. The van der Waals surface area contributed by atoms with E-state index in [1.54, 1.807) is 11.0 Å². The van der Waals surface area contributed by atoms with E-state index < -0.39 is 34.2 Å². The van der Waals surface area contributed by atoms with Crippen LogP contribution in [0.15, 0.2) is 29.2 Å². The zero-order valence-corrected chi connectivity index (χ0v) is 19.3. The van der Waals surface area contributed by atoms with E-state index >= 15 is 0 Å². The number of aryl methyl sites for hydroxylation is 1. The van der Waals surface area contributed by atoms with Crippen LogP contribution in [0.2, 0.25) is 5.02 Å². The minimum atomic E-state index is -0.889. The molecule has 0 saturated heterocycles. The van der Waals surface area contributed by atoms with Gasteiger partial charge in [-0.05, 0) is 38.3 Å². The topological polar surface area (TPSA) is 88.8 Å². The Hall–Kier alpha value is -2.71. The number of hydrogen-bond acceptors (Lipinski definition) is 5. The number of rotatable bonds is 8. The fourth-order valence-corrected chi connectivity index (χ4v) is 5.05. The highest BCUT2D eigenvalue weighted by Gasteiger charge is 2.62. The van der Waals surface area contributed by atoms with Crippen molar-refractivity contribution in [2.24, 2.45) is 5.92 Å². The summed E-state index contributed by atoms with van der Waals surface area (Å²) in [5, 5.41) is 10.5.